The Balaban J connectivity index is 2.42. The first-order valence-electron chi connectivity index (χ1n) is 4.37. The van der Waals surface area contributed by atoms with Crippen LogP contribution >= 0.6 is 11.3 Å². The first-order valence-corrected chi connectivity index (χ1v) is 5.18. The number of carboxylic acids is 1. The summed E-state index contributed by atoms with van der Waals surface area (Å²) in [5, 5.41) is 15.2. The fraction of sp³-hybridized carbons (Fsp3) is 0.333. The molecule has 1 aliphatic rings. The Hall–Kier alpha value is -1.56. The number of carboxylic acid groups (broad SMARTS) is 1. The van der Waals surface area contributed by atoms with Crippen LogP contribution in [0.2, 0.25) is 0 Å². The smallest absolute Gasteiger partial charge is 0.346 e. The number of carbonyl (C=O) groups excluding carboxylic acids is 1. The van der Waals surface area contributed by atoms with Gasteiger partial charge in [-0.15, -0.1) is 11.3 Å². The van der Waals surface area contributed by atoms with Gasteiger partial charge in [0.1, 0.15) is 15.4 Å². The Morgan fingerprint density at radius 2 is 2.20 bits per heavy atom. The van der Waals surface area contributed by atoms with Gasteiger partial charge in [0.15, 0.2) is 0 Å². The third-order valence-corrected chi connectivity index (χ3v) is 3.22. The lowest BCUT2D eigenvalue weighted by molar-refractivity contribution is -0.119. The summed E-state index contributed by atoms with van der Waals surface area (Å²) in [6.07, 6.45) is 0. The van der Waals surface area contributed by atoms with Crippen molar-refractivity contribution in [2.75, 3.05) is 10.6 Å². The monoisotopic (exact) mass is 226 g/mol. The summed E-state index contributed by atoms with van der Waals surface area (Å²) >= 11 is 1.12. The predicted octanol–water partition coefficient (Wildman–Crippen LogP) is 1.59. The largest absolute Gasteiger partial charge is 0.477 e. The Morgan fingerprint density at radius 3 is 2.80 bits per heavy atom. The molecule has 80 valence electrons. The highest BCUT2D eigenvalue weighted by Crippen LogP contribution is 2.38. The summed E-state index contributed by atoms with van der Waals surface area (Å²) in [6, 6.07) is 1.46. The van der Waals surface area contributed by atoms with Crippen molar-refractivity contribution >= 4 is 33.9 Å². The quantitative estimate of drug-likeness (QED) is 0.679. The molecule has 2 rings (SSSR count). The number of rotatable bonds is 1. The van der Waals surface area contributed by atoms with Gasteiger partial charge in [-0.2, -0.15) is 0 Å². The molecule has 2 heterocycles. The van der Waals surface area contributed by atoms with Crippen LogP contribution in [0.15, 0.2) is 6.07 Å². The van der Waals surface area contributed by atoms with Crippen LogP contribution in [0.5, 0.6) is 0 Å². The van der Waals surface area contributed by atoms with E-state index < -0.39 is 11.5 Å². The van der Waals surface area contributed by atoms with E-state index in [2.05, 4.69) is 10.6 Å². The lowest BCUT2D eigenvalue weighted by Crippen LogP contribution is -2.46. The van der Waals surface area contributed by atoms with Crippen LogP contribution < -0.4 is 10.6 Å². The van der Waals surface area contributed by atoms with Crippen LogP contribution in [0.3, 0.4) is 0 Å². The number of nitrogens with one attached hydrogen (secondary N) is 2. The number of amides is 1. The van der Waals surface area contributed by atoms with Crippen LogP contribution in [-0.2, 0) is 4.79 Å². The van der Waals surface area contributed by atoms with Crippen LogP contribution in [0.1, 0.15) is 23.5 Å². The second-order valence-corrected chi connectivity index (χ2v) is 4.91. The maximum atomic E-state index is 11.5. The third-order valence-electron chi connectivity index (χ3n) is 2.18. The van der Waals surface area contributed by atoms with Gasteiger partial charge in [0.05, 0.1) is 5.69 Å². The topological polar surface area (TPSA) is 78.4 Å². The normalized spacial score (nSPS) is 17.6. The van der Waals surface area contributed by atoms with Gasteiger partial charge in [0.2, 0.25) is 5.91 Å². The lowest BCUT2D eigenvalue weighted by Gasteiger charge is -2.30. The molecule has 1 aromatic heterocycles. The molecule has 0 aliphatic carbocycles. The minimum atomic E-state index is -0.983. The maximum Gasteiger partial charge on any atom is 0.346 e. The van der Waals surface area contributed by atoms with Gasteiger partial charge in [-0.05, 0) is 19.9 Å². The Labute approximate surface area is 90.1 Å². The molecule has 0 aromatic carbocycles. The number of thiophene rings is 1. The number of carbonyl (C=O) groups is 2. The van der Waals surface area contributed by atoms with Crippen molar-refractivity contribution in [1.29, 1.82) is 0 Å². The molecular formula is C9H10N2O3S. The number of hydrogen-bond acceptors (Lipinski definition) is 4. The van der Waals surface area contributed by atoms with Crippen molar-refractivity contribution in [2.45, 2.75) is 19.4 Å². The van der Waals surface area contributed by atoms with Gasteiger partial charge in [-0.3, -0.25) is 4.79 Å². The second-order valence-electron chi connectivity index (χ2n) is 3.86. The molecule has 1 aromatic rings. The predicted molar refractivity (Wildman–Crippen MR) is 57.6 cm³/mol. The second kappa shape index (κ2) is 2.96. The first-order chi connectivity index (χ1) is 6.90. The highest BCUT2D eigenvalue weighted by molar-refractivity contribution is 7.18. The molecule has 0 bridgehead atoms. The average Bonchev–Trinajstić information content (AvgIpc) is 2.47. The fourth-order valence-corrected chi connectivity index (χ4v) is 2.31. The van der Waals surface area contributed by atoms with E-state index >= 15 is 0 Å². The molecule has 0 unspecified atom stereocenters. The van der Waals surface area contributed by atoms with Gasteiger partial charge in [-0.25, -0.2) is 4.79 Å². The van der Waals surface area contributed by atoms with Gasteiger partial charge in [0, 0.05) is 0 Å². The summed E-state index contributed by atoms with van der Waals surface area (Å²) < 4.78 is 0. The Morgan fingerprint density at radius 1 is 1.53 bits per heavy atom. The van der Waals surface area contributed by atoms with Crippen molar-refractivity contribution in [2.24, 2.45) is 0 Å². The van der Waals surface area contributed by atoms with Crippen LogP contribution in [0.25, 0.3) is 0 Å². The van der Waals surface area contributed by atoms with Crippen LogP contribution in [0.4, 0.5) is 10.7 Å². The molecule has 0 radical (unpaired) electrons. The molecule has 0 fully saturated rings. The molecule has 15 heavy (non-hydrogen) atoms. The van der Waals surface area contributed by atoms with Gasteiger partial charge in [-0.1, -0.05) is 0 Å². The third kappa shape index (κ3) is 1.56. The number of anilines is 2. The zero-order chi connectivity index (χ0) is 11.2. The molecule has 0 spiro atoms. The highest BCUT2D eigenvalue weighted by atomic mass is 32.1. The summed E-state index contributed by atoms with van der Waals surface area (Å²) in [7, 11) is 0. The van der Waals surface area contributed by atoms with E-state index in [9.17, 15) is 9.59 Å². The summed E-state index contributed by atoms with van der Waals surface area (Å²) in [5.74, 6) is -1.15. The fourth-order valence-electron chi connectivity index (χ4n) is 1.30. The minimum Gasteiger partial charge on any atom is -0.477 e. The minimum absolute atomic E-state index is 0.162. The average molecular weight is 226 g/mol. The zero-order valence-corrected chi connectivity index (χ0v) is 9.07. The van der Waals surface area contributed by atoms with E-state index in [1.807, 2.05) is 0 Å². The molecule has 5 nitrogen and oxygen atoms in total. The van der Waals surface area contributed by atoms with Crippen LogP contribution in [0, 0.1) is 0 Å². The van der Waals surface area contributed by atoms with Crippen molar-refractivity contribution < 1.29 is 14.7 Å². The highest BCUT2D eigenvalue weighted by Gasteiger charge is 2.34. The van der Waals surface area contributed by atoms with Gasteiger partial charge in [0.25, 0.3) is 0 Å². The SMILES string of the molecule is CC1(C)Nc2sc(C(=O)O)cc2NC1=O. The standard InChI is InChI=1S/C9H10N2O3S/c1-9(2)8(14)10-4-3-5(7(12)13)15-6(4)11-9/h3,11H,1-2H3,(H,10,14)(H,12,13). The first kappa shape index (κ1) is 9.97. The summed E-state index contributed by atoms with van der Waals surface area (Å²) in [4.78, 5) is 22.5. The van der Waals surface area contributed by atoms with E-state index in [1.165, 1.54) is 6.07 Å². The molecule has 1 aliphatic heterocycles. The maximum absolute atomic E-state index is 11.5. The molecule has 3 N–H and O–H groups in total. The van der Waals surface area contributed by atoms with Crippen molar-refractivity contribution in [3.63, 3.8) is 0 Å². The number of fused-ring (bicyclic) bond motifs is 1. The number of hydrogen-bond donors (Lipinski definition) is 3. The Kier molecular flexibility index (Phi) is 1.97. The Bertz CT molecular complexity index is 450. The van der Waals surface area contributed by atoms with E-state index in [-0.39, 0.29) is 10.8 Å². The lowest BCUT2D eigenvalue weighted by atomic mass is 10.0. The summed E-state index contributed by atoms with van der Waals surface area (Å²) in [6.45, 7) is 3.48. The van der Waals surface area contributed by atoms with E-state index in [1.54, 1.807) is 13.8 Å². The molecule has 1 amide bonds. The van der Waals surface area contributed by atoms with Gasteiger partial charge >= 0.3 is 5.97 Å². The van der Waals surface area contributed by atoms with Gasteiger partial charge < -0.3 is 15.7 Å². The van der Waals surface area contributed by atoms with E-state index in [4.69, 9.17) is 5.11 Å². The molecule has 0 saturated heterocycles. The van der Waals surface area contributed by atoms with Crippen molar-refractivity contribution in [3.05, 3.63) is 10.9 Å². The van der Waals surface area contributed by atoms with Crippen LogP contribution in [-0.4, -0.2) is 22.5 Å². The zero-order valence-electron chi connectivity index (χ0n) is 8.25. The molecule has 0 atom stereocenters. The molecular weight excluding hydrogens is 216 g/mol. The van der Waals surface area contributed by atoms with Crippen molar-refractivity contribution in [1.82, 2.24) is 0 Å². The molecule has 6 heteroatoms. The number of aromatic carboxylic acids is 1. The summed E-state index contributed by atoms with van der Waals surface area (Å²) in [5.41, 5.74) is -0.158. The van der Waals surface area contributed by atoms with E-state index in [0.29, 0.717) is 10.7 Å². The van der Waals surface area contributed by atoms with E-state index in [0.717, 1.165) is 11.3 Å². The molecule has 0 saturated carbocycles. The van der Waals surface area contributed by atoms with Crippen molar-refractivity contribution in [3.8, 4) is 0 Å².